The van der Waals surface area contributed by atoms with Gasteiger partial charge in [-0.15, -0.1) is 0 Å². The maximum atomic E-state index is 11.6. The van der Waals surface area contributed by atoms with E-state index in [0.717, 1.165) is 18.8 Å². The fourth-order valence-corrected chi connectivity index (χ4v) is 2.22. The van der Waals surface area contributed by atoms with Crippen molar-refractivity contribution in [1.29, 1.82) is 0 Å². The number of morpholine rings is 1. The Kier molecular flexibility index (Phi) is 4.27. The van der Waals surface area contributed by atoms with Crippen LogP contribution in [-0.2, 0) is 9.47 Å². The Morgan fingerprint density at radius 3 is 3.00 bits per heavy atom. The van der Waals surface area contributed by atoms with Gasteiger partial charge in [-0.25, -0.2) is 4.79 Å². The van der Waals surface area contributed by atoms with Gasteiger partial charge < -0.3 is 20.1 Å². The Bertz CT molecular complexity index is 462. The predicted molar refractivity (Wildman–Crippen MR) is 74.4 cm³/mol. The summed E-state index contributed by atoms with van der Waals surface area (Å²) in [5.74, 6) is -0.337. The average molecular weight is 264 g/mol. The van der Waals surface area contributed by atoms with E-state index in [4.69, 9.17) is 15.2 Å². The van der Waals surface area contributed by atoms with Gasteiger partial charge in [0, 0.05) is 13.1 Å². The smallest absolute Gasteiger partial charge is 0.338 e. The second-order valence-electron chi connectivity index (χ2n) is 4.62. The molecule has 5 heteroatoms. The number of benzene rings is 1. The van der Waals surface area contributed by atoms with E-state index in [9.17, 15) is 4.79 Å². The Morgan fingerprint density at radius 2 is 2.37 bits per heavy atom. The minimum absolute atomic E-state index is 0.192. The molecule has 0 amide bonds. The molecule has 1 aliphatic rings. The van der Waals surface area contributed by atoms with E-state index >= 15 is 0 Å². The molecule has 0 radical (unpaired) electrons. The van der Waals surface area contributed by atoms with Gasteiger partial charge in [-0.2, -0.15) is 0 Å². The average Bonchev–Trinajstić information content (AvgIpc) is 2.38. The first-order valence-corrected chi connectivity index (χ1v) is 6.55. The third kappa shape index (κ3) is 3.17. The van der Waals surface area contributed by atoms with Crippen LogP contribution in [0.3, 0.4) is 0 Å². The van der Waals surface area contributed by atoms with Gasteiger partial charge in [-0.3, -0.25) is 0 Å². The second kappa shape index (κ2) is 5.93. The Balaban J connectivity index is 2.17. The van der Waals surface area contributed by atoms with Gasteiger partial charge in [0.25, 0.3) is 0 Å². The number of carbonyl (C=O) groups excluding carboxylic acids is 1. The monoisotopic (exact) mass is 264 g/mol. The van der Waals surface area contributed by atoms with E-state index in [-0.39, 0.29) is 12.1 Å². The first kappa shape index (κ1) is 13.7. The Hall–Kier alpha value is -1.75. The summed E-state index contributed by atoms with van der Waals surface area (Å²) in [7, 11) is 0. The number of hydrogen-bond acceptors (Lipinski definition) is 5. The third-order valence-corrected chi connectivity index (χ3v) is 3.12. The molecule has 1 fully saturated rings. The van der Waals surface area contributed by atoms with Crippen LogP contribution in [0, 0.1) is 0 Å². The minimum atomic E-state index is -0.337. The van der Waals surface area contributed by atoms with Gasteiger partial charge in [0.2, 0.25) is 0 Å². The highest BCUT2D eigenvalue weighted by molar-refractivity contribution is 5.92. The van der Waals surface area contributed by atoms with Crippen molar-refractivity contribution in [2.75, 3.05) is 36.9 Å². The summed E-state index contributed by atoms with van der Waals surface area (Å²) in [6.45, 7) is 6.50. The summed E-state index contributed by atoms with van der Waals surface area (Å²) in [6.07, 6.45) is 0.192. The lowest BCUT2D eigenvalue weighted by Gasteiger charge is -2.33. The van der Waals surface area contributed by atoms with Crippen LogP contribution in [-0.4, -0.2) is 38.4 Å². The fraction of sp³-hybridized carbons (Fsp3) is 0.500. The van der Waals surface area contributed by atoms with Crippen LogP contribution in [0.25, 0.3) is 0 Å². The van der Waals surface area contributed by atoms with Crippen LogP contribution < -0.4 is 10.6 Å². The Labute approximate surface area is 113 Å². The number of rotatable bonds is 3. The zero-order valence-electron chi connectivity index (χ0n) is 11.4. The van der Waals surface area contributed by atoms with Gasteiger partial charge in [0.1, 0.15) is 0 Å². The SMILES string of the molecule is CCOC(=O)c1ccc(N2CCOC(C)C2)c(N)c1. The van der Waals surface area contributed by atoms with Crippen molar-refractivity contribution >= 4 is 17.3 Å². The highest BCUT2D eigenvalue weighted by Crippen LogP contribution is 2.26. The molecule has 0 spiro atoms. The molecule has 104 valence electrons. The van der Waals surface area contributed by atoms with E-state index in [2.05, 4.69) is 4.90 Å². The number of nitrogen functional groups attached to an aromatic ring is 1. The molecule has 19 heavy (non-hydrogen) atoms. The molecular formula is C14H20N2O3. The number of anilines is 2. The van der Waals surface area contributed by atoms with Crippen molar-refractivity contribution in [2.24, 2.45) is 0 Å². The lowest BCUT2D eigenvalue weighted by Crippen LogP contribution is -2.41. The number of ether oxygens (including phenoxy) is 2. The molecular weight excluding hydrogens is 244 g/mol. The van der Waals surface area contributed by atoms with E-state index in [0.29, 0.717) is 24.5 Å². The molecule has 0 aromatic heterocycles. The molecule has 1 saturated heterocycles. The normalized spacial score (nSPS) is 19.3. The number of hydrogen-bond donors (Lipinski definition) is 1. The molecule has 2 rings (SSSR count). The number of nitrogens with zero attached hydrogens (tertiary/aromatic N) is 1. The van der Waals surface area contributed by atoms with Crippen molar-refractivity contribution < 1.29 is 14.3 Å². The molecule has 2 N–H and O–H groups in total. The van der Waals surface area contributed by atoms with E-state index in [1.807, 2.05) is 13.0 Å². The quantitative estimate of drug-likeness (QED) is 0.664. The highest BCUT2D eigenvalue weighted by atomic mass is 16.5. The largest absolute Gasteiger partial charge is 0.462 e. The Morgan fingerprint density at radius 1 is 1.58 bits per heavy atom. The topological polar surface area (TPSA) is 64.8 Å². The molecule has 0 bridgehead atoms. The first-order valence-electron chi connectivity index (χ1n) is 6.55. The van der Waals surface area contributed by atoms with E-state index in [1.54, 1.807) is 19.1 Å². The zero-order chi connectivity index (χ0) is 13.8. The van der Waals surface area contributed by atoms with Gasteiger partial charge in [-0.1, -0.05) is 0 Å². The van der Waals surface area contributed by atoms with Crippen LogP contribution in [0.1, 0.15) is 24.2 Å². The molecule has 1 aromatic rings. The molecule has 1 aliphatic heterocycles. The predicted octanol–water partition coefficient (Wildman–Crippen LogP) is 1.67. The lowest BCUT2D eigenvalue weighted by atomic mass is 10.1. The van der Waals surface area contributed by atoms with Gasteiger partial charge in [0.15, 0.2) is 0 Å². The standard InChI is InChI=1S/C14H20N2O3/c1-3-18-14(17)11-4-5-13(12(15)8-11)16-6-7-19-10(2)9-16/h4-5,8,10H,3,6-7,9,15H2,1-2H3. The van der Waals surface area contributed by atoms with Crippen molar-refractivity contribution in [3.63, 3.8) is 0 Å². The van der Waals surface area contributed by atoms with Crippen LogP contribution >= 0.6 is 0 Å². The summed E-state index contributed by atoms with van der Waals surface area (Å²) in [6, 6.07) is 5.30. The molecule has 0 aliphatic carbocycles. The van der Waals surface area contributed by atoms with Gasteiger partial charge in [-0.05, 0) is 32.0 Å². The molecule has 0 saturated carbocycles. The van der Waals surface area contributed by atoms with Crippen molar-refractivity contribution in [1.82, 2.24) is 0 Å². The maximum Gasteiger partial charge on any atom is 0.338 e. The van der Waals surface area contributed by atoms with Crippen molar-refractivity contribution in [3.8, 4) is 0 Å². The number of nitrogens with two attached hydrogens (primary N) is 1. The van der Waals surface area contributed by atoms with Crippen molar-refractivity contribution in [3.05, 3.63) is 23.8 Å². The number of esters is 1. The van der Waals surface area contributed by atoms with Crippen LogP contribution in [0.5, 0.6) is 0 Å². The molecule has 1 unspecified atom stereocenters. The zero-order valence-corrected chi connectivity index (χ0v) is 11.4. The number of carbonyl (C=O) groups is 1. The van der Waals surface area contributed by atoms with Crippen LogP contribution in [0.15, 0.2) is 18.2 Å². The lowest BCUT2D eigenvalue weighted by molar-refractivity contribution is 0.0521. The third-order valence-electron chi connectivity index (χ3n) is 3.12. The molecule has 1 aromatic carbocycles. The second-order valence-corrected chi connectivity index (χ2v) is 4.62. The summed E-state index contributed by atoms with van der Waals surface area (Å²) in [4.78, 5) is 13.8. The molecule has 5 nitrogen and oxygen atoms in total. The van der Waals surface area contributed by atoms with Crippen LogP contribution in [0.2, 0.25) is 0 Å². The summed E-state index contributed by atoms with van der Waals surface area (Å²) in [5.41, 5.74) is 8.08. The maximum absolute atomic E-state index is 11.6. The minimum Gasteiger partial charge on any atom is -0.462 e. The summed E-state index contributed by atoms with van der Waals surface area (Å²) >= 11 is 0. The van der Waals surface area contributed by atoms with Gasteiger partial charge in [0.05, 0.1) is 36.3 Å². The highest BCUT2D eigenvalue weighted by Gasteiger charge is 2.19. The summed E-state index contributed by atoms with van der Waals surface area (Å²) < 4.78 is 10.5. The van der Waals surface area contributed by atoms with E-state index < -0.39 is 0 Å². The molecule has 1 heterocycles. The van der Waals surface area contributed by atoms with Crippen LogP contribution in [0.4, 0.5) is 11.4 Å². The van der Waals surface area contributed by atoms with Gasteiger partial charge >= 0.3 is 5.97 Å². The first-order chi connectivity index (χ1) is 9.11. The van der Waals surface area contributed by atoms with Crippen molar-refractivity contribution in [2.45, 2.75) is 20.0 Å². The van der Waals surface area contributed by atoms with E-state index in [1.165, 1.54) is 0 Å². The molecule has 1 atom stereocenters. The fourth-order valence-electron chi connectivity index (χ4n) is 2.22. The summed E-state index contributed by atoms with van der Waals surface area (Å²) in [5, 5.41) is 0.